The number of hydrogen-bond donors (Lipinski definition) is 1. The summed E-state index contributed by atoms with van der Waals surface area (Å²) in [6, 6.07) is 4.75. The van der Waals surface area contributed by atoms with Crippen LogP contribution in [0.5, 0.6) is 0 Å². The molecule has 0 fully saturated rings. The van der Waals surface area contributed by atoms with E-state index in [2.05, 4.69) is 15.2 Å². The van der Waals surface area contributed by atoms with Crippen molar-refractivity contribution in [3.8, 4) is 5.69 Å². The fourth-order valence-electron chi connectivity index (χ4n) is 2.76. The lowest BCUT2D eigenvalue weighted by molar-refractivity contribution is -0.143. The number of nitrogens with zero attached hydrogens (tertiary/aromatic N) is 4. The smallest absolute Gasteiger partial charge is 0.416 e. The van der Waals surface area contributed by atoms with Crippen LogP contribution in [0.1, 0.15) is 27.0 Å². The monoisotopic (exact) mass is 461 g/mol. The molecule has 0 saturated heterocycles. The second-order valence-corrected chi connectivity index (χ2v) is 6.51. The molecule has 0 aliphatic heterocycles. The Bertz CT molecular complexity index is 1200. The molecule has 0 bridgehead atoms. The van der Waals surface area contributed by atoms with Crippen molar-refractivity contribution >= 4 is 11.7 Å². The molecule has 2 N–H and O–H groups in total. The van der Waals surface area contributed by atoms with Crippen molar-refractivity contribution < 1.29 is 35.9 Å². The van der Waals surface area contributed by atoms with Crippen molar-refractivity contribution in [2.45, 2.75) is 18.9 Å². The molecule has 0 amide bonds. The summed E-state index contributed by atoms with van der Waals surface area (Å²) in [6.45, 7) is -0.297. The van der Waals surface area contributed by atoms with Crippen LogP contribution in [0.2, 0.25) is 0 Å². The summed E-state index contributed by atoms with van der Waals surface area (Å²) in [5.41, 5.74) is 1.02. The molecule has 0 aliphatic rings. The summed E-state index contributed by atoms with van der Waals surface area (Å²) in [6.07, 6.45) is -10.2. The number of benzene rings is 2. The molecule has 170 valence electrons. The Hall–Kier alpha value is -3.84. The van der Waals surface area contributed by atoms with Crippen molar-refractivity contribution in [2.24, 2.45) is 0 Å². The first-order valence-corrected chi connectivity index (χ1v) is 8.60. The quantitative estimate of drug-likeness (QED) is 0.364. The van der Waals surface area contributed by atoms with Crippen LogP contribution < -0.4 is 11.4 Å². The number of nitrogens with two attached hydrogens (primary N) is 1. The summed E-state index contributed by atoms with van der Waals surface area (Å²) in [4.78, 5) is 24.3. The van der Waals surface area contributed by atoms with Gasteiger partial charge < -0.3 is 10.5 Å². The Labute approximate surface area is 174 Å². The number of carbonyl (C=O) groups is 1. The maximum atomic E-state index is 13.1. The Balaban J connectivity index is 2.03. The van der Waals surface area contributed by atoms with E-state index >= 15 is 0 Å². The van der Waals surface area contributed by atoms with Gasteiger partial charge in [-0.05, 0) is 46.3 Å². The van der Waals surface area contributed by atoms with Crippen LogP contribution in [0.3, 0.4) is 0 Å². The van der Waals surface area contributed by atoms with E-state index in [1.807, 2.05) is 0 Å². The van der Waals surface area contributed by atoms with E-state index in [4.69, 9.17) is 5.73 Å². The van der Waals surface area contributed by atoms with Gasteiger partial charge in [0.1, 0.15) is 0 Å². The van der Waals surface area contributed by atoms with Gasteiger partial charge in [-0.2, -0.15) is 35.7 Å². The number of nitrogen functional groups attached to an aromatic ring is 1. The van der Waals surface area contributed by atoms with Crippen LogP contribution in [0.25, 0.3) is 5.69 Å². The lowest BCUT2D eigenvalue weighted by Gasteiger charge is -2.13. The highest BCUT2D eigenvalue weighted by Gasteiger charge is 2.37. The fraction of sp³-hybridized carbons (Fsp3) is 0.222. The van der Waals surface area contributed by atoms with Gasteiger partial charge in [0.2, 0.25) is 0 Å². The highest BCUT2D eigenvalue weighted by molar-refractivity contribution is 5.95. The molecule has 8 nitrogen and oxygen atoms in total. The molecule has 3 rings (SSSR count). The number of ether oxygens (including phenoxy) is 1. The number of methoxy groups -OCH3 is 1. The van der Waals surface area contributed by atoms with Crippen molar-refractivity contribution in [2.75, 3.05) is 12.8 Å². The van der Waals surface area contributed by atoms with Gasteiger partial charge in [-0.15, -0.1) is 0 Å². The number of anilines is 1. The van der Waals surface area contributed by atoms with E-state index in [1.165, 1.54) is 18.2 Å². The minimum atomic E-state index is -5.09. The van der Waals surface area contributed by atoms with Crippen LogP contribution in [0.15, 0.2) is 41.2 Å². The second kappa shape index (κ2) is 8.01. The van der Waals surface area contributed by atoms with E-state index in [9.17, 15) is 35.9 Å². The number of esters is 1. The van der Waals surface area contributed by atoms with Gasteiger partial charge >= 0.3 is 24.0 Å². The first-order valence-electron chi connectivity index (χ1n) is 8.60. The van der Waals surface area contributed by atoms with Crippen LogP contribution in [-0.2, 0) is 23.6 Å². The fourth-order valence-corrected chi connectivity index (χ4v) is 2.76. The zero-order valence-electron chi connectivity index (χ0n) is 16.0. The molecule has 0 radical (unpaired) electrons. The summed E-state index contributed by atoms with van der Waals surface area (Å²) >= 11 is 0. The van der Waals surface area contributed by atoms with Gasteiger partial charge in [0.05, 0.1) is 36.0 Å². The summed E-state index contributed by atoms with van der Waals surface area (Å²) in [5.74, 6) is -0.746. The second-order valence-electron chi connectivity index (χ2n) is 6.51. The van der Waals surface area contributed by atoms with Crippen molar-refractivity contribution in [1.29, 1.82) is 0 Å². The molecule has 1 heterocycles. The average molecular weight is 461 g/mol. The van der Waals surface area contributed by atoms with Crippen molar-refractivity contribution in [1.82, 2.24) is 19.8 Å². The largest absolute Gasteiger partial charge is 0.465 e. The van der Waals surface area contributed by atoms with Gasteiger partial charge in [-0.1, -0.05) is 6.07 Å². The van der Waals surface area contributed by atoms with E-state index in [-0.39, 0.29) is 23.9 Å². The molecule has 3 aromatic rings. The number of hydrogen-bond acceptors (Lipinski definition) is 6. The van der Waals surface area contributed by atoms with Crippen molar-refractivity contribution in [3.63, 3.8) is 0 Å². The molecule has 2 aromatic carbocycles. The Morgan fingerprint density at radius 2 is 1.59 bits per heavy atom. The average Bonchev–Trinajstić information content (AvgIpc) is 3.07. The molecule has 0 unspecified atom stereocenters. The molecule has 1 aromatic heterocycles. The Morgan fingerprint density at radius 1 is 1.00 bits per heavy atom. The molecule has 0 saturated carbocycles. The SMILES string of the molecule is COC(=O)c1cc(Cn2nnn(-c3cc(C(F)(F)F)cc(C(F)(F)F)c3)c2=O)ccc1N. The molecule has 14 heteroatoms. The number of alkyl halides is 6. The zero-order valence-corrected chi connectivity index (χ0v) is 16.0. The first-order chi connectivity index (χ1) is 14.8. The van der Waals surface area contributed by atoms with E-state index < -0.39 is 40.8 Å². The Kier molecular flexibility index (Phi) is 5.72. The summed E-state index contributed by atoms with van der Waals surface area (Å²) < 4.78 is 84.0. The van der Waals surface area contributed by atoms with Crippen LogP contribution in [0, 0.1) is 0 Å². The maximum Gasteiger partial charge on any atom is 0.416 e. The predicted octanol–water partition coefficient (Wildman–Crippen LogP) is 2.88. The zero-order chi connectivity index (χ0) is 23.8. The minimum Gasteiger partial charge on any atom is -0.465 e. The summed E-state index contributed by atoms with van der Waals surface area (Å²) in [5, 5.41) is 6.88. The first kappa shape index (κ1) is 22.8. The molecular weight excluding hydrogens is 448 g/mol. The molecular formula is C18H13F6N5O3. The van der Waals surface area contributed by atoms with E-state index in [1.54, 1.807) is 0 Å². The van der Waals surface area contributed by atoms with Gasteiger partial charge in [0, 0.05) is 5.69 Å². The number of halogens is 6. The lowest BCUT2D eigenvalue weighted by atomic mass is 10.1. The minimum absolute atomic E-state index is 0.00172. The predicted molar refractivity (Wildman–Crippen MR) is 96.9 cm³/mol. The van der Waals surface area contributed by atoms with Gasteiger partial charge in [0.15, 0.2) is 0 Å². The summed E-state index contributed by atoms with van der Waals surface area (Å²) in [7, 11) is 1.13. The van der Waals surface area contributed by atoms with Crippen LogP contribution >= 0.6 is 0 Å². The van der Waals surface area contributed by atoms with Crippen LogP contribution in [-0.4, -0.2) is 32.9 Å². The number of carbonyl (C=O) groups excluding carboxylic acids is 1. The van der Waals surface area contributed by atoms with Gasteiger partial charge in [-0.3, -0.25) is 0 Å². The van der Waals surface area contributed by atoms with E-state index in [0.717, 1.165) is 7.11 Å². The molecule has 0 aliphatic carbocycles. The van der Waals surface area contributed by atoms with Gasteiger partial charge in [0.25, 0.3) is 0 Å². The normalized spacial score (nSPS) is 12.1. The van der Waals surface area contributed by atoms with Crippen LogP contribution in [0.4, 0.5) is 32.0 Å². The third kappa shape index (κ3) is 4.58. The number of rotatable bonds is 4. The third-order valence-corrected chi connectivity index (χ3v) is 4.31. The molecule has 32 heavy (non-hydrogen) atoms. The molecule has 0 atom stereocenters. The number of aromatic nitrogens is 4. The topological polar surface area (TPSA) is 105 Å². The number of tetrazole rings is 1. The maximum absolute atomic E-state index is 13.1. The third-order valence-electron chi connectivity index (χ3n) is 4.31. The standard InChI is InChI=1S/C18H13F6N5O3/c1-32-15(30)13-4-9(2-3-14(13)25)8-28-16(31)29(27-26-28)12-6-10(17(19,20)21)5-11(7-12)18(22,23)24/h2-7H,8,25H2,1H3. The van der Waals surface area contributed by atoms with Gasteiger partial charge in [-0.25, -0.2) is 9.59 Å². The van der Waals surface area contributed by atoms with Crippen molar-refractivity contribution in [3.05, 3.63) is 69.1 Å². The lowest BCUT2D eigenvalue weighted by Crippen LogP contribution is -2.25. The highest BCUT2D eigenvalue weighted by atomic mass is 19.4. The molecule has 0 spiro atoms. The Morgan fingerprint density at radius 3 is 2.12 bits per heavy atom. The highest BCUT2D eigenvalue weighted by Crippen LogP contribution is 2.36. The van der Waals surface area contributed by atoms with E-state index in [0.29, 0.717) is 27.1 Å².